The van der Waals surface area contributed by atoms with Crippen LogP contribution in [0.5, 0.6) is 5.75 Å². The van der Waals surface area contributed by atoms with Crippen molar-refractivity contribution in [3.8, 4) is 5.75 Å². The minimum absolute atomic E-state index is 0.563. The molecule has 1 aromatic carbocycles. The molecule has 0 aromatic heterocycles. The highest BCUT2D eigenvalue weighted by atomic mass is 35.5. The molecule has 0 bridgehead atoms. The van der Waals surface area contributed by atoms with Gasteiger partial charge in [0.2, 0.25) is 0 Å². The molecule has 1 aliphatic carbocycles. The number of fused-ring (bicyclic) bond motifs is 1. The average molecular weight is 295 g/mol. The molecule has 3 rings (SSSR count). The smallest absolute Gasteiger partial charge is 0.314 e. The molecule has 20 heavy (non-hydrogen) atoms. The lowest BCUT2D eigenvalue weighted by atomic mass is 9.75. The molecule has 108 valence electrons. The first-order chi connectivity index (χ1) is 9.56. The first-order valence-electron chi connectivity index (χ1n) is 7.25. The quantitative estimate of drug-likeness (QED) is 0.900. The molecule has 2 aliphatic rings. The fourth-order valence-electron chi connectivity index (χ4n) is 3.73. The molecule has 1 aliphatic heterocycles. The second kappa shape index (κ2) is 4.96. The summed E-state index contributed by atoms with van der Waals surface area (Å²) in [5.74, 6) is 0.0450. The zero-order valence-electron chi connectivity index (χ0n) is 11.7. The lowest BCUT2D eigenvalue weighted by Crippen LogP contribution is -2.34. The predicted molar refractivity (Wildman–Crippen MR) is 77.8 cm³/mol. The summed E-state index contributed by atoms with van der Waals surface area (Å²) in [4.78, 5) is 11.9. The fraction of sp³-hybridized carbons (Fsp3) is 0.562. The number of aliphatic carboxylic acids is 1. The van der Waals surface area contributed by atoms with Gasteiger partial charge >= 0.3 is 5.97 Å². The van der Waals surface area contributed by atoms with E-state index in [2.05, 4.69) is 0 Å². The fourth-order valence-corrected chi connectivity index (χ4v) is 4.01. The van der Waals surface area contributed by atoms with Crippen LogP contribution in [-0.4, -0.2) is 17.7 Å². The van der Waals surface area contributed by atoms with Crippen LogP contribution in [0.25, 0.3) is 0 Å². The second-order valence-electron chi connectivity index (χ2n) is 5.89. The van der Waals surface area contributed by atoms with Crippen molar-refractivity contribution in [2.24, 2.45) is 0 Å². The van der Waals surface area contributed by atoms with Crippen molar-refractivity contribution in [1.29, 1.82) is 0 Å². The number of halogens is 1. The van der Waals surface area contributed by atoms with Crippen LogP contribution in [0.2, 0.25) is 5.02 Å². The van der Waals surface area contributed by atoms with Gasteiger partial charge in [-0.1, -0.05) is 24.4 Å². The highest BCUT2D eigenvalue weighted by Crippen LogP contribution is 2.47. The maximum absolute atomic E-state index is 11.9. The molecule has 0 unspecified atom stereocenters. The van der Waals surface area contributed by atoms with Crippen molar-refractivity contribution in [3.63, 3.8) is 0 Å². The minimum atomic E-state index is -0.750. The Bertz CT molecular complexity index is 559. The Morgan fingerprint density at radius 1 is 1.35 bits per heavy atom. The second-order valence-corrected chi connectivity index (χ2v) is 6.29. The van der Waals surface area contributed by atoms with Crippen molar-refractivity contribution in [1.82, 2.24) is 0 Å². The summed E-state index contributed by atoms with van der Waals surface area (Å²) >= 11 is 6.35. The number of carboxylic acids is 1. The Labute approximate surface area is 123 Å². The Balaban J connectivity index is 2.19. The van der Waals surface area contributed by atoms with Gasteiger partial charge in [0.05, 0.1) is 17.0 Å². The van der Waals surface area contributed by atoms with Gasteiger partial charge in [0.1, 0.15) is 5.75 Å². The number of rotatable bonds is 2. The summed E-state index contributed by atoms with van der Waals surface area (Å²) in [5, 5.41) is 10.3. The Morgan fingerprint density at radius 3 is 2.70 bits per heavy atom. The number of hydrogen-bond acceptors (Lipinski definition) is 2. The summed E-state index contributed by atoms with van der Waals surface area (Å²) in [6, 6.07) is 1.83. The third kappa shape index (κ3) is 1.91. The van der Waals surface area contributed by atoms with Gasteiger partial charge in [-0.05, 0) is 55.4 Å². The van der Waals surface area contributed by atoms with Gasteiger partial charge in [-0.15, -0.1) is 0 Å². The van der Waals surface area contributed by atoms with Gasteiger partial charge in [-0.3, -0.25) is 4.79 Å². The van der Waals surface area contributed by atoms with Crippen LogP contribution in [0.1, 0.15) is 48.8 Å². The van der Waals surface area contributed by atoms with Crippen molar-refractivity contribution in [2.75, 3.05) is 6.61 Å². The number of hydrogen-bond donors (Lipinski definition) is 1. The molecular weight excluding hydrogens is 276 g/mol. The summed E-state index contributed by atoms with van der Waals surface area (Å²) in [6.07, 6.45) is 5.24. The monoisotopic (exact) mass is 294 g/mol. The molecule has 1 aromatic rings. The largest absolute Gasteiger partial charge is 0.492 e. The molecule has 0 amide bonds. The number of ether oxygens (including phenoxy) is 1. The standard InChI is InChI=1S/C16H19ClO3/c1-10-11-5-4-8-20-14(11)13(17)9-12(10)16(15(18)19)6-2-3-7-16/h9H,2-8H2,1H3,(H,18,19). The van der Waals surface area contributed by atoms with Crippen LogP contribution in [0, 0.1) is 6.92 Å². The summed E-state index contributed by atoms with van der Waals surface area (Å²) in [6.45, 7) is 2.71. The molecule has 0 atom stereocenters. The first-order valence-corrected chi connectivity index (χ1v) is 7.63. The van der Waals surface area contributed by atoms with E-state index < -0.39 is 11.4 Å². The van der Waals surface area contributed by atoms with Crippen LogP contribution >= 0.6 is 11.6 Å². The molecule has 4 heteroatoms. The normalized spacial score (nSPS) is 20.3. The molecule has 1 saturated carbocycles. The van der Waals surface area contributed by atoms with E-state index >= 15 is 0 Å². The Morgan fingerprint density at radius 2 is 2.05 bits per heavy atom. The maximum Gasteiger partial charge on any atom is 0.314 e. The van der Waals surface area contributed by atoms with Gasteiger partial charge in [0.15, 0.2) is 0 Å². The summed E-state index contributed by atoms with van der Waals surface area (Å²) in [5.41, 5.74) is 2.32. The van der Waals surface area contributed by atoms with E-state index in [1.165, 1.54) is 0 Å². The molecule has 0 spiro atoms. The number of carbonyl (C=O) groups is 1. The highest BCUT2D eigenvalue weighted by molar-refractivity contribution is 6.32. The lowest BCUT2D eigenvalue weighted by Gasteiger charge is -2.30. The molecule has 0 radical (unpaired) electrons. The van der Waals surface area contributed by atoms with Crippen LogP contribution < -0.4 is 4.74 Å². The molecule has 1 fully saturated rings. The molecular formula is C16H19ClO3. The predicted octanol–water partition coefficient (Wildman–Crippen LogP) is 3.87. The Kier molecular flexibility index (Phi) is 3.41. The minimum Gasteiger partial charge on any atom is -0.492 e. The van der Waals surface area contributed by atoms with Gasteiger partial charge in [0.25, 0.3) is 0 Å². The Hall–Kier alpha value is -1.22. The van der Waals surface area contributed by atoms with Crippen LogP contribution in [-0.2, 0) is 16.6 Å². The van der Waals surface area contributed by atoms with Crippen molar-refractivity contribution in [3.05, 3.63) is 27.8 Å². The van der Waals surface area contributed by atoms with E-state index in [0.717, 1.165) is 48.1 Å². The van der Waals surface area contributed by atoms with Gasteiger partial charge in [0, 0.05) is 0 Å². The maximum atomic E-state index is 11.9. The first kappa shape index (κ1) is 13.7. The van der Waals surface area contributed by atoms with Crippen molar-refractivity contribution >= 4 is 17.6 Å². The number of carboxylic acid groups (broad SMARTS) is 1. The lowest BCUT2D eigenvalue weighted by molar-refractivity contribution is -0.143. The summed E-state index contributed by atoms with van der Waals surface area (Å²) in [7, 11) is 0. The summed E-state index contributed by atoms with van der Waals surface area (Å²) < 4.78 is 5.67. The third-order valence-electron chi connectivity index (χ3n) is 4.82. The molecule has 1 heterocycles. The van der Waals surface area contributed by atoms with Crippen LogP contribution in [0.4, 0.5) is 0 Å². The van der Waals surface area contributed by atoms with Gasteiger partial charge in [-0.25, -0.2) is 0 Å². The van der Waals surface area contributed by atoms with Crippen molar-refractivity contribution < 1.29 is 14.6 Å². The third-order valence-corrected chi connectivity index (χ3v) is 5.10. The van der Waals surface area contributed by atoms with E-state index in [4.69, 9.17) is 16.3 Å². The van der Waals surface area contributed by atoms with E-state index in [0.29, 0.717) is 24.5 Å². The zero-order valence-corrected chi connectivity index (χ0v) is 12.4. The molecule has 0 saturated heterocycles. The molecule has 1 N–H and O–H groups in total. The number of benzene rings is 1. The van der Waals surface area contributed by atoms with Gasteiger partial charge < -0.3 is 9.84 Å². The van der Waals surface area contributed by atoms with E-state index in [-0.39, 0.29) is 0 Å². The van der Waals surface area contributed by atoms with E-state index in [1.54, 1.807) is 0 Å². The SMILES string of the molecule is Cc1c(C2(C(=O)O)CCCC2)cc(Cl)c2c1CCCO2. The molecule has 3 nitrogen and oxygen atoms in total. The van der Waals surface area contributed by atoms with Crippen LogP contribution in [0.3, 0.4) is 0 Å². The van der Waals surface area contributed by atoms with Crippen molar-refractivity contribution in [2.45, 2.75) is 50.9 Å². The van der Waals surface area contributed by atoms with Crippen LogP contribution in [0.15, 0.2) is 6.07 Å². The topological polar surface area (TPSA) is 46.5 Å². The van der Waals surface area contributed by atoms with E-state index in [1.807, 2.05) is 13.0 Å². The average Bonchev–Trinajstić information content (AvgIpc) is 2.93. The zero-order chi connectivity index (χ0) is 14.3. The highest BCUT2D eigenvalue weighted by Gasteiger charge is 2.44. The van der Waals surface area contributed by atoms with E-state index in [9.17, 15) is 9.90 Å². The van der Waals surface area contributed by atoms with Gasteiger partial charge in [-0.2, -0.15) is 0 Å².